The Kier molecular flexibility index (Phi) is 5.54. The van der Waals surface area contributed by atoms with Crippen LogP contribution in [0.15, 0.2) is 0 Å². The van der Waals surface area contributed by atoms with E-state index in [0.717, 1.165) is 33.9 Å². The second kappa shape index (κ2) is 6.93. The van der Waals surface area contributed by atoms with Crippen LogP contribution in [0.2, 0.25) is 0 Å². The van der Waals surface area contributed by atoms with Gasteiger partial charge in [-0.25, -0.2) is 9.97 Å². The van der Waals surface area contributed by atoms with E-state index in [1.807, 2.05) is 11.8 Å². The summed E-state index contributed by atoms with van der Waals surface area (Å²) in [5.74, 6) is 3.29. The highest BCUT2D eigenvalue weighted by Gasteiger charge is 2.20. The molecule has 5 heteroatoms. The number of aromatic nitrogens is 2. The first-order chi connectivity index (χ1) is 8.72. The molecule has 1 fully saturated rings. The van der Waals surface area contributed by atoms with Crippen molar-refractivity contribution in [2.45, 2.75) is 44.8 Å². The van der Waals surface area contributed by atoms with Gasteiger partial charge in [-0.1, -0.05) is 13.3 Å². The first-order valence-corrected chi connectivity index (χ1v) is 8.74. The third-order valence-electron chi connectivity index (χ3n) is 3.04. The highest BCUT2D eigenvalue weighted by atomic mass is 127. The van der Waals surface area contributed by atoms with E-state index >= 15 is 0 Å². The maximum atomic E-state index is 4.74. The summed E-state index contributed by atoms with van der Waals surface area (Å²) in [6.45, 7) is 5.23. The van der Waals surface area contributed by atoms with E-state index in [1.165, 1.54) is 25.0 Å². The van der Waals surface area contributed by atoms with Gasteiger partial charge in [-0.2, -0.15) is 11.8 Å². The molecule has 1 saturated heterocycles. The Bertz CT molecular complexity index is 405. The third-order valence-corrected chi connectivity index (χ3v) is 5.71. The Morgan fingerprint density at radius 2 is 2.22 bits per heavy atom. The fourth-order valence-electron chi connectivity index (χ4n) is 2.03. The molecule has 1 aliphatic rings. The zero-order valence-electron chi connectivity index (χ0n) is 11.0. The van der Waals surface area contributed by atoms with Gasteiger partial charge in [0, 0.05) is 6.54 Å². The smallest absolute Gasteiger partial charge is 0.144 e. The summed E-state index contributed by atoms with van der Waals surface area (Å²) < 4.78 is 1.16. The topological polar surface area (TPSA) is 37.8 Å². The number of nitrogens with zero attached hydrogens (tertiary/aromatic N) is 2. The summed E-state index contributed by atoms with van der Waals surface area (Å²) in [5.41, 5.74) is 1.10. The molecule has 2 heterocycles. The molecule has 2 rings (SSSR count). The molecule has 0 bridgehead atoms. The van der Waals surface area contributed by atoms with Crippen LogP contribution < -0.4 is 5.32 Å². The van der Waals surface area contributed by atoms with Crippen molar-refractivity contribution in [3.63, 3.8) is 0 Å². The fourth-order valence-corrected chi connectivity index (χ4v) is 3.70. The molecular formula is C13H20IN3S. The summed E-state index contributed by atoms with van der Waals surface area (Å²) in [4.78, 5) is 9.43. The van der Waals surface area contributed by atoms with E-state index in [-0.39, 0.29) is 0 Å². The Labute approximate surface area is 127 Å². The van der Waals surface area contributed by atoms with Gasteiger partial charge in [-0.15, -0.1) is 0 Å². The monoisotopic (exact) mass is 377 g/mol. The number of thioether (sulfide) groups is 1. The van der Waals surface area contributed by atoms with Crippen molar-refractivity contribution in [3.05, 3.63) is 15.1 Å². The number of anilines is 1. The lowest BCUT2D eigenvalue weighted by atomic mass is 10.2. The maximum absolute atomic E-state index is 4.74. The van der Waals surface area contributed by atoms with Gasteiger partial charge in [0.1, 0.15) is 11.6 Å². The quantitative estimate of drug-likeness (QED) is 0.800. The minimum Gasteiger partial charge on any atom is -0.369 e. The van der Waals surface area contributed by atoms with Crippen molar-refractivity contribution in [2.75, 3.05) is 17.6 Å². The van der Waals surface area contributed by atoms with Crippen molar-refractivity contribution in [1.82, 2.24) is 9.97 Å². The average Bonchev–Trinajstić information content (AvgIpc) is 2.41. The Morgan fingerprint density at radius 1 is 1.39 bits per heavy atom. The molecule has 1 unspecified atom stereocenters. The normalized spacial score (nSPS) is 19.8. The molecule has 1 aliphatic heterocycles. The maximum Gasteiger partial charge on any atom is 0.144 e. The van der Waals surface area contributed by atoms with Crippen LogP contribution in [0.3, 0.4) is 0 Å². The lowest BCUT2D eigenvalue weighted by Crippen LogP contribution is -2.12. The summed E-state index contributed by atoms with van der Waals surface area (Å²) in [7, 11) is 0. The molecule has 0 saturated carbocycles. The molecule has 1 atom stereocenters. The van der Waals surface area contributed by atoms with E-state index < -0.39 is 0 Å². The molecule has 0 radical (unpaired) electrons. The molecule has 0 aromatic carbocycles. The molecule has 1 aromatic heterocycles. The van der Waals surface area contributed by atoms with Gasteiger partial charge in [-0.3, -0.25) is 0 Å². The summed E-state index contributed by atoms with van der Waals surface area (Å²) in [6, 6.07) is 0. The Hall–Kier alpha value is -0.0400. The number of hydrogen-bond donors (Lipinski definition) is 1. The van der Waals surface area contributed by atoms with E-state index in [2.05, 4.69) is 46.7 Å². The number of aryl methyl sites for hydroxylation is 1. The van der Waals surface area contributed by atoms with Gasteiger partial charge in [0.25, 0.3) is 0 Å². The highest BCUT2D eigenvalue weighted by molar-refractivity contribution is 14.1. The molecule has 1 aromatic rings. The van der Waals surface area contributed by atoms with Crippen LogP contribution in [0.25, 0.3) is 0 Å². The van der Waals surface area contributed by atoms with E-state index in [4.69, 9.17) is 4.98 Å². The molecular weight excluding hydrogens is 357 g/mol. The van der Waals surface area contributed by atoms with Gasteiger partial charge >= 0.3 is 0 Å². The van der Waals surface area contributed by atoms with Crippen LogP contribution in [0.4, 0.5) is 5.82 Å². The van der Waals surface area contributed by atoms with Gasteiger partial charge in [0.05, 0.1) is 14.5 Å². The lowest BCUT2D eigenvalue weighted by Gasteiger charge is -2.21. The molecule has 0 spiro atoms. The van der Waals surface area contributed by atoms with Crippen LogP contribution in [0.5, 0.6) is 0 Å². The lowest BCUT2D eigenvalue weighted by molar-refractivity contribution is 0.660. The second-order valence-electron chi connectivity index (χ2n) is 4.61. The van der Waals surface area contributed by atoms with E-state index in [0.29, 0.717) is 5.25 Å². The number of nitrogens with one attached hydrogen (secondary N) is 1. The molecule has 0 amide bonds. The first kappa shape index (κ1) is 14.4. The molecule has 18 heavy (non-hydrogen) atoms. The van der Waals surface area contributed by atoms with Crippen LogP contribution in [0.1, 0.15) is 49.4 Å². The van der Waals surface area contributed by atoms with Crippen molar-refractivity contribution in [1.29, 1.82) is 0 Å². The minimum absolute atomic E-state index is 0.497. The van der Waals surface area contributed by atoms with Crippen LogP contribution in [-0.2, 0) is 0 Å². The standard InChI is InChI=1S/C13H20IN3S/c1-3-7-15-13-11(14)9(2)16-12(17-13)10-6-4-5-8-18-10/h10H,3-8H2,1-2H3,(H,15,16,17). The first-order valence-electron chi connectivity index (χ1n) is 6.62. The number of rotatable bonds is 4. The molecule has 0 aliphatic carbocycles. The number of halogens is 1. The SMILES string of the molecule is CCCNc1nc(C2CCCCS2)nc(C)c1I. The van der Waals surface area contributed by atoms with Crippen molar-refractivity contribution >= 4 is 40.2 Å². The van der Waals surface area contributed by atoms with Gasteiger partial charge in [0.15, 0.2) is 0 Å². The molecule has 3 nitrogen and oxygen atoms in total. The fraction of sp³-hybridized carbons (Fsp3) is 0.692. The van der Waals surface area contributed by atoms with Crippen molar-refractivity contribution < 1.29 is 0 Å². The summed E-state index contributed by atoms with van der Waals surface area (Å²) >= 11 is 4.35. The molecule has 100 valence electrons. The Morgan fingerprint density at radius 3 is 2.89 bits per heavy atom. The predicted octanol–water partition coefficient (Wildman–Crippen LogP) is 4.17. The highest BCUT2D eigenvalue weighted by Crippen LogP contribution is 2.37. The summed E-state index contributed by atoms with van der Waals surface area (Å²) in [6.07, 6.45) is 4.99. The minimum atomic E-state index is 0.497. The van der Waals surface area contributed by atoms with Crippen LogP contribution >= 0.6 is 34.4 Å². The van der Waals surface area contributed by atoms with Crippen LogP contribution in [0, 0.1) is 10.5 Å². The van der Waals surface area contributed by atoms with E-state index in [1.54, 1.807) is 0 Å². The van der Waals surface area contributed by atoms with Crippen molar-refractivity contribution in [2.24, 2.45) is 0 Å². The Balaban J connectivity index is 2.22. The largest absolute Gasteiger partial charge is 0.369 e. The third kappa shape index (κ3) is 3.50. The van der Waals surface area contributed by atoms with Gasteiger partial charge in [0.2, 0.25) is 0 Å². The van der Waals surface area contributed by atoms with Gasteiger partial charge < -0.3 is 5.32 Å². The second-order valence-corrected chi connectivity index (χ2v) is 7.00. The average molecular weight is 377 g/mol. The number of hydrogen-bond acceptors (Lipinski definition) is 4. The van der Waals surface area contributed by atoms with E-state index in [9.17, 15) is 0 Å². The predicted molar refractivity (Wildman–Crippen MR) is 87.3 cm³/mol. The summed E-state index contributed by atoms with van der Waals surface area (Å²) in [5, 5.41) is 3.91. The zero-order valence-corrected chi connectivity index (χ0v) is 14.0. The van der Waals surface area contributed by atoms with Crippen LogP contribution in [-0.4, -0.2) is 22.3 Å². The van der Waals surface area contributed by atoms with Gasteiger partial charge in [-0.05, 0) is 54.5 Å². The molecule has 1 N–H and O–H groups in total. The van der Waals surface area contributed by atoms with Crippen molar-refractivity contribution in [3.8, 4) is 0 Å². The zero-order chi connectivity index (χ0) is 13.0.